The van der Waals surface area contributed by atoms with Gasteiger partial charge in [-0.1, -0.05) is 26.1 Å². The van der Waals surface area contributed by atoms with E-state index in [1.165, 1.54) is 0 Å². The fourth-order valence-corrected chi connectivity index (χ4v) is 1.79. The van der Waals surface area contributed by atoms with Gasteiger partial charge in [-0.25, -0.2) is 0 Å². The maximum atomic E-state index is 5.72. The Kier molecular flexibility index (Phi) is 6.07. The molecule has 0 radical (unpaired) electrons. The first-order valence-electron chi connectivity index (χ1n) is 6.55. The molecule has 0 atom stereocenters. The Hall–Kier alpha value is -1.49. The van der Waals surface area contributed by atoms with E-state index in [0.717, 1.165) is 18.6 Å². The summed E-state index contributed by atoms with van der Waals surface area (Å²) in [7, 11) is 3.23. The van der Waals surface area contributed by atoms with Crippen molar-refractivity contribution in [2.45, 2.75) is 26.7 Å². The second-order valence-corrected chi connectivity index (χ2v) is 5.69. The molecule has 5 heteroatoms. The molecule has 0 saturated carbocycles. The van der Waals surface area contributed by atoms with Crippen LogP contribution in [0.4, 0.5) is 0 Å². The summed E-state index contributed by atoms with van der Waals surface area (Å²) in [5.41, 5.74) is 5.56. The Morgan fingerprint density at radius 2 is 1.60 bits per heavy atom. The van der Waals surface area contributed by atoms with Crippen molar-refractivity contribution < 1.29 is 14.2 Å². The molecule has 20 heavy (non-hydrogen) atoms. The third kappa shape index (κ3) is 4.89. The molecule has 0 heterocycles. The van der Waals surface area contributed by atoms with Crippen molar-refractivity contribution in [2.24, 2.45) is 11.1 Å². The summed E-state index contributed by atoms with van der Waals surface area (Å²) in [4.78, 5) is 0.542. The largest absolute Gasteiger partial charge is 0.496 e. The van der Waals surface area contributed by atoms with Crippen LogP contribution in [-0.4, -0.2) is 25.8 Å². The van der Waals surface area contributed by atoms with Crippen LogP contribution in [0, 0.1) is 5.41 Å². The summed E-state index contributed by atoms with van der Waals surface area (Å²) in [5.74, 6) is 2.15. The van der Waals surface area contributed by atoms with E-state index in [-0.39, 0.29) is 5.41 Å². The molecular weight excluding hydrogens is 274 g/mol. The van der Waals surface area contributed by atoms with Gasteiger partial charge in [0, 0.05) is 23.6 Å². The van der Waals surface area contributed by atoms with Gasteiger partial charge in [-0.15, -0.1) is 0 Å². The maximum Gasteiger partial charge on any atom is 0.126 e. The number of ether oxygens (including phenoxy) is 3. The van der Waals surface area contributed by atoms with Crippen LogP contribution in [0.25, 0.3) is 0 Å². The minimum atomic E-state index is -0.134. The third-order valence-electron chi connectivity index (χ3n) is 3.21. The second-order valence-electron chi connectivity index (χ2n) is 5.25. The zero-order valence-corrected chi connectivity index (χ0v) is 13.4. The number of hydrogen-bond acceptors (Lipinski definition) is 4. The Labute approximate surface area is 126 Å². The molecule has 0 unspecified atom stereocenters. The topological polar surface area (TPSA) is 53.7 Å². The standard InChI is InChI=1S/C15H23NO3S/c1-15(2,14(16)20)6-5-7-19-13-9-11(17-3)8-12(10-13)18-4/h8-10H,5-7H2,1-4H3,(H2,16,20). The number of benzene rings is 1. The monoisotopic (exact) mass is 297 g/mol. The van der Waals surface area contributed by atoms with Crippen LogP contribution in [-0.2, 0) is 0 Å². The molecule has 4 nitrogen and oxygen atoms in total. The number of hydrogen-bond donors (Lipinski definition) is 1. The van der Waals surface area contributed by atoms with E-state index in [1.807, 2.05) is 32.0 Å². The van der Waals surface area contributed by atoms with E-state index in [1.54, 1.807) is 14.2 Å². The molecule has 0 spiro atoms. The smallest absolute Gasteiger partial charge is 0.126 e. The molecule has 0 aromatic heterocycles. The second kappa shape index (κ2) is 7.33. The maximum absolute atomic E-state index is 5.72. The fraction of sp³-hybridized carbons (Fsp3) is 0.533. The van der Waals surface area contributed by atoms with Crippen LogP contribution in [0.5, 0.6) is 17.2 Å². The Balaban J connectivity index is 2.52. The summed E-state index contributed by atoms with van der Waals surface area (Å²) < 4.78 is 16.1. The quantitative estimate of drug-likeness (QED) is 0.590. The van der Waals surface area contributed by atoms with Crippen molar-refractivity contribution in [2.75, 3.05) is 20.8 Å². The van der Waals surface area contributed by atoms with Gasteiger partial charge in [-0.3, -0.25) is 0 Å². The Bertz CT molecular complexity index is 438. The van der Waals surface area contributed by atoms with Crippen LogP contribution >= 0.6 is 12.2 Å². The van der Waals surface area contributed by atoms with Crippen LogP contribution in [0.3, 0.4) is 0 Å². The van der Waals surface area contributed by atoms with Gasteiger partial charge in [0.2, 0.25) is 0 Å². The lowest BCUT2D eigenvalue weighted by atomic mass is 9.88. The van der Waals surface area contributed by atoms with Crippen molar-refractivity contribution in [1.82, 2.24) is 0 Å². The van der Waals surface area contributed by atoms with E-state index in [0.29, 0.717) is 23.1 Å². The predicted octanol–water partition coefficient (Wildman–Crippen LogP) is 3.18. The van der Waals surface area contributed by atoms with Crippen molar-refractivity contribution in [3.63, 3.8) is 0 Å². The van der Waals surface area contributed by atoms with Gasteiger partial charge in [0.05, 0.1) is 25.8 Å². The molecule has 0 saturated heterocycles. The summed E-state index contributed by atoms with van der Waals surface area (Å²) >= 11 is 5.04. The summed E-state index contributed by atoms with van der Waals surface area (Å²) in [5, 5.41) is 0. The summed E-state index contributed by atoms with van der Waals surface area (Å²) in [6.07, 6.45) is 1.77. The highest BCUT2D eigenvalue weighted by atomic mass is 32.1. The van der Waals surface area contributed by atoms with Gasteiger partial charge in [-0.2, -0.15) is 0 Å². The Morgan fingerprint density at radius 3 is 2.05 bits per heavy atom. The summed E-state index contributed by atoms with van der Waals surface area (Å²) in [6, 6.07) is 5.48. The van der Waals surface area contributed by atoms with Crippen LogP contribution < -0.4 is 19.9 Å². The normalized spacial score (nSPS) is 11.0. The van der Waals surface area contributed by atoms with Gasteiger partial charge in [0.25, 0.3) is 0 Å². The molecule has 0 aliphatic heterocycles. The Morgan fingerprint density at radius 1 is 1.10 bits per heavy atom. The molecule has 0 bridgehead atoms. The number of thiocarbonyl (C=S) groups is 1. The lowest BCUT2D eigenvalue weighted by molar-refractivity contribution is 0.284. The lowest BCUT2D eigenvalue weighted by Crippen LogP contribution is -2.30. The minimum absolute atomic E-state index is 0.134. The van der Waals surface area contributed by atoms with Crippen molar-refractivity contribution >= 4 is 17.2 Å². The molecule has 0 aliphatic carbocycles. The molecule has 2 N–H and O–H groups in total. The van der Waals surface area contributed by atoms with E-state index in [2.05, 4.69) is 0 Å². The molecule has 1 rings (SSSR count). The molecule has 112 valence electrons. The first-order chi connectivity index (χ1) is 9.39. The van der Waals surface area contributed by atoms with Crippen LogP contribution in [0.15, 0.2) is 18.2 Å². The van der Waals surface area contributed by atoms with E-state index in [4.69, 9.17) is 32.2 Å². The van der Waals surface area contributed by atoms with Crippen LogP contribution in [0.2, 0.25) is 0 Å². The first-order valence-corrected chi connectivity index (χ1v) is 6.95. The predicted molar refractivity (Wildman–Crippen MR) is 84.8 cm³/mol. The molecule has 0 amide bonds. The third-order valence-corrected chi connectivity index (χ3v) is 3.76. The van der Waals surface area contributed by atoms with E-state index >= 15 is 0 Å². The van der Waals surface area contributed by atoms with Gasteiger partial charge in [-0.05, 0) is 12.8 Å². The van der Waals surface area contributed by atoms with E-state index in [9.17, 15) is 0 Å². The number of rotatable bonds is 8. The number of nitrogens with two attached hydrogens (primary N) is 1. The van der Waals surface area contributed by atoms with Gasteiger partial charge in [0.1, 0.15) is 17.2 Å². The van der Waals surface area contributed by atoms with E-state index < -0.39 is 0 Å². The lowest BCUT2D eigenvalue weighted by Gasteiger charge is -2.22. The van der Waals surface area contributed by atoms with Gasteiger partial charge in [0.15, 0.2) is 0 Å². The highest BCUT2D eigenvalue weighted by molar-refractivity contribution is 7.80. The van der Waals surface area contributed by atoms with Crippen LogP contribution in [0.1, 0.15) is 26.7 Å². The summed E-state index contributed by atoms with van der Waals surface area (Å²) in [6.45, 7) is 4.69. The SMILES string of the molecule is COc1cc(OC)cc(OCCCC(C)(C)C(N)=S)c1. The van der Waals surface area contributed by atoms with Gasteiger partial charge >= 0.3 is 0 Å². The number of methoxy groups -OCH3 is 2. The molecule has 0 aliphatic rings. The average Bonchev–Trinajstić information content (AvgIpc) is 2.43. The van der Waals surface area contributed by atoms with Crippen molar-refractivity contribution in [1.29, 1.82) is 0 Å². The highest BCUT2D eigenvalue weighted by Crippen LogP contribution is 2.28. The molecule has 1 aromatic carbocycles. The average molecular weight is 297 g/mol. The molecule has 0 fully saturated rings. The van der Waals surface area contributed by atoms with Crippen molar-refractivity contribution in [3.05, 3.63) is 18.2 Å². The first kappa shape index (κ1) is 16.6. The zero-order chi connectivity index (χ0) is 15.2. The highest BCUT2D eigenvalue weighted by Gasteiger charge is 2.20. The minimum Gasteiger partial charge on any atom is -0.496 e. The van der Waals surface area contributed by atoms with Crippen molar-refractivity contribution in [3.8, 4) is 17.2 Å². The molecule has 1 aromatic rings. The fourth-order valence-electron chi connectivity index (χ4n) is 1.69. The zero-order valence-electron chi connectivity index (χ0n) is 12.6. The van der Waals surface area contributed by atoms with Gasteiger partial charge < -0.3 is 19.9 Å². The molecular formula is C15H23NO3S.